The molecule has 0 aliphatic heterocycles. The molecule has 0 bridgehead atoms. The van der Waals surface area contributed by atoms with E-state index in [4.69, 9.17) is 4.74 Å². The first-order valence-corrected chi connectivity index (χ1v) is 12.7. The van der Waals surface area contributed by atoms with Gasteiger partial charge in [0.1, 0.15) is 24.5 Å². The summed E-state index contributed by atoms with van der Waals surface area (Å²) in [6, 6.07) is 7.46. The highest BCUT2D eigenvalue weighted by atomic mass is 16.5. The highest BCUT2D eigenvalue weighted by Gasteiger charge is 2.28. The zero-order chi connectivity index (χ0) is 25.3. The van der Waals surface area contributed by atoms with E-state index in [1.165, 1.54) is 0 Å². The fraction of sp³-hybridized carbons (Fsp3) is 0.593. The summed E-state index contributed by atoms with van der Waals surface area (Å²) < 4.78 is 5.34. The van der Waals surface area contributed by atoms with Gasteiger partial charge in [0.05, 0.1) is 5.92 Å². The van der Waals surface area contributed by atoms with Crippen molar-refractivity contribution in [1.29, 1.82) is 0 Å². The molecule has 1 aliphatic carbocycles. The Balaban J connectivity index is 1.53. The molecule has 192 valence electrons. The van der Waals surface area contributed by atoms with Gasteiger partial charge < -0.3 is 20.2 Å². The van der Waals surface area contributed by atoms with Crippen molar-refractivity contribution >= 4 is 29.7 Å². The maximum Gasteiger partial charge on any atom is 0.246 e. The van der Waals surface area contributed by atoms with E-state index >= 15 is 0 Å². The molecule has 1 fully saturated rings. The summed E-state index contributed by atoms with van der Waals surface area (Å²) in [5.74, 6) is -0.646. The van der Waals surface area contributed by atoms with Gasteiger partial charge in [-0.1, -0.05) is 37.1 Å². The van der Waals surface area contributed by atoms with Crippen molar-refractivity contribution in [3.63, 3.8) is 0 Å². The summed E-state index contributed by atoms with van der Waals surface area (Å²) in [4.78, 5) is 58.3. The van der Waals surface area contributed by atoms with Gasteiger partial charge in [-0.25, -0.2) is 0 Å². The number of carbonyl (C=O) groups excluding carboxylic acids is 5. The number of hydrogen-bond donors (Lipinski definition) is 2. The Morgan fingerprint density at radius 1 is 0.943 bits per heavy atom. The van der Waals surface area contributed by atoms with Gasteiger partial charge in [-0.15, -0.1) is 0 Å². The van der Waals surface area contributed by atoms with Crippen molar-refractivity contribution in [2.75, 3.05) is 19.8 Å². The third-order valence-electron chi connectivity index (χ3n) is 6.08. The number of amides is 2. The maximum absolute atomic E-state index is 12.4. The number of rotatable bonds is 17. The molecule has 1 aliphatic rings. The Bertz CT molecular complexity index is 837. The van der Waals surface area contributed by atoms with Gasteiger partial charge in [0.2, 0.25) is 11.8 Å². The largest absolute Gasteiger partial charge is 0.372 e. The van der Waals surface area contributed by atoms with Crippen molar-refractivity contribution in [2.24, 2.45) is 5.92 Å². The Morgan fingerprint density at radius 2 is 1.71 bits per heavy atom. The van der Waals surface area contributed by atoms with E-state index in [9.17, 15) is 24.0 Å². The molecular formula is C27H38N2O6. The lowest BCUT2D eigenvalue weighted by Gasteiger charge is -2.19. The highest BCUT2D eigenvalue weighted by molar-refractivity contribution is 6.03. The molecule has 2 rings (SSSR count). The Hall–Kier alpha value is -2.87. The maximum atomic E-state index is 12.4. The van der Waals surface area contributed by atoms with Crippen LogP contribution in [-0.2, 0) is 41.7 Å². The third-order valence-corrected chi connectivity index (χ3v) is 6.08. The first-order chi connectivity index (χ1) is 17.0. The van der Waals surface area contributed by atoms with Crippen LogP contribution in [0.1, 0.15) is 75.3 Å². The number of ether oxygens (including phenoxy) is 1. The molecule has 1 atom stereocenters. The summed E-state index contributed by atoms with van der Waals surface area (Å²) >= 11 is 0. The third kappa shape index (κ3) is 11.9. The van der Waals surface area contributed by atoms with Gasteiger partial charge in [0.25, 0.3) is 0 Å². The van der Waals surface area contributed by atoms with Crippen LogP contribution in [0.25, 0.3) is 0 Å². The molecule has 1 saturated carbocycles. The molecular weight excluding hydrogens is 448 g/mol. The standard InChI is InChI=1S/C27H38N2O6/c30-16-6-2-1-5-15-28-26(33)10-7-17-35-20-27(34)29-19-22-13-11-21(12-14-22)18-25(32)23-8-3-4-9-24(23)31/h11-14,16,23H,1-10,15,17-20H2,(H,28,33)(H,29,34). The van der Waals surface area contributed by atoms with Crippen LogP contribution in [0.2, 0.25) is 0 Å². The summed E-state index contributed by atoms with van der Waals surface area (Å²) in [5.41, 5.74) is 1.78. The van der Waals surface area contributed by atoms with Gasteiger partial charge in [-0.2, -0.15) is 0 Å². The average Bonchev–Trinajstić information content (AvgIpc) is 2.85. The second-order valence-corrected chi connectivity index (χ2v) is 9.02. The first-order valence-electron chi connectivity index (χ1n) is 12.7. The number of benzene rings is 1. The van der Waals surface area contributed by atoms with Crippen molar-refractivity contribution < 1.29 is 28.7 Å². The molecule has 8 heteroatoms. The second-order valence-electron chi connectivity index (χ2n) is 9.02. The number of unbranched alkanes of at least 4 members (excludes halogenated alkanes) is 3. The van der Waals surface area contributed by atoms with E-state index in [2.05, 4.69) is 10.6 Å². The summed E-state index contributed by atoms with van der Waals surface area (Å²) in [6.07, 6.45) is 8.25. The van der Waals surface area contributed by atoms with E-state index in [1.54, 1.807) is 0 Å². The minimum Gasteiger partial charge on any atom is -0.372 e. The summed E-state index contributed by atoms with van der Waals surface area (Å²) in [7, 11) is 0. The smallest absolute Gasteiger partial charge is 0.246 e. The van der Waals surface area contributed by atoms with Crippen molar-refractivity contribution in [1.82, 2.24) is 10.6 Å². The van der Waals surface area contributed by atoms with Crippen LogP contribution >= 0.6 is 0 Å². The van der Waals surface area contributed by atoms with Crippen LogP contribution in [0.5, 0.6) is 0 Å². The Morgan fingerprint density at radius 3 is 2.46 bits per heavy atom. The van der Waals surface area contributed by atoms with E-state index in [0.717, 1.165) is 49.5 Å². The number of Topliss-reactive ketones (excluding diaryl/α,β-unsaturated/α-hetero) is 2. The molecule has 1 aromatic carbocycles. The van der Waals surface area contributed by atoms with E-state index < -0.39 is 5.92 Å². The molecule has 0 aromatic heterocycles. The Labute approximate surface area is 207 Å². The van der Waals surface area contributed by atoms with Crippen LogP contribution in [0.3, 0.4) is 0 Å². The van der Waals surface area contributed by atoms with Gasteiger partial charge in [-0.05, 0) is 43.2 Å². The van der Waals surface area contributed by atoms with Gasteiger partial charge >= 0.3 is 0 Å². The number of hydrogen-bond acceptors (Lipinski definition) is 6. The number of nitrogens with one attached hydrogen (secondary N) is 2. The number of carbonyl (C=O) groups is 5. The van der Waals surface area contributed by atoms with Crippen LogP contribution in [0.15, 0.2) is 24.3 Å². The minimum atomic E-state index is -0.443. The SMILES string of the molecule is O=CCCCCCNC(=O)CCCOCC(=O)NCc1ccc(CC(=O)C2CCCCC2=O)cc1. The first kappa shape index (κ1) is 28.4. The molecule has 2 amide bonds. The number of aldehydes is 1. The number of ketones is 2. The van der Waals surface area contributed by atoms with E-state index in [-0.39, 0.29) is 36.4 Å². The van der Waals surface area contributed by atoms with Gasteiger partial charge in [0, 0.05) is 45.4 Å². The topological polar surface area (TPSA) is 119 Å². The molecule has 8 nitrogen and oxygen atoms in total. The molecule has 1 aromatic rings. The molecule has 1 unspecified atom stereocenters. The van der Waals surface area contributed by atoms with Crippen molar-refractivity contribution in [2.45, 2.75) is 77.2 Å². The lowest BCUT2D eigenvalue weighted by Crippen LogP contribution is -2.28. The highest BCUT2D eigenvalue weighted by Crippen LogP contribution is 2.22. The molecule has 0 heterocycles. The van der Waals surface area contributed by atoms with Crippen molar-refractivity contribution in [3.05, 3.63) is 35.4 Å². The second kappa shape index (κ2) is 16.7. The lowest BCUT2D eigenvalue weighted by atomic mass is 9.83. The molecule has 35 heavy (non-hydrogen) atoms. The average molecular weight is 487 g/mol. The van der Waals surface area contributed by atoms with Crippen LogP contribution in [0, 0.1) is 5.92 Å². The van der Waals surface area contributed by atoms with E-state index in [0.29, 0.717) is 51.8 Å². The van der Waals surface area contributed by atoms with Crippen LogP contribution in [-0.4, -0.2) is 49.4 Å². The monoisotopic (exact) mass is 486 g/mol. The predicted molar refractivity (Wildman–Crippen MR) is 132 cm³/mol. The quantitative estimate of drug-likeness (QED) is 0.199. The molecule has 0 saturated heterocycles. The molecule has 0 spiro atoms. The van der Waals surface area contributed by atoms with Gasteiger partial charge in [-0.3, -0.25) is 19.2 Å². The summed E-state index contributed by atoms with van der Waals surface area (Å²) in [5, 5.41) is 5.62. The van der Waals surface area contributed by atoms with E-state index in [1.807, 2.05) is 24.3 Å². The Kier molecular flexibility index (Phi) is 13.5. The van der Waals surface area contributed by atoms with Crippen molar-refractivity contribution in [3.8, 4) is 0 Å². The summed E-state index contributed by atoms with van der Waals surface area (Å²) in [6.45, 7) is 1.22. The zero-order valence-electron chi connectivity index (χ0n) is 20.5. The van der Waals surface area contributed by atoms with Crippen LogP contribution < -0.4 is 10.6 Å². The molecule has 0 radical (unpaired) electrons. The van der Waals surface area contributed by atoms with Gasteiger partial charge in [0.15, 0.2) is 0 Å². The zero-order valence-corrected chi connectivity index (χ0v) is 20.5. The predicted octanol–water partition coefficient (Wildman–Crippen LogP) is 2.85. The fourth-order valence-corrected chi connectivity index (χ4v) is 4.02. The minimum absolute atomic E-state index is 0.00327. The fourth-order valence-electron chi connectivity index (χ4n) is 4.02. The van der Waals surface area contributed by atoms with Crippen LogP contribution in [0.4, 0.5) is 0 Å². The molecule has 2 N–H and O–H groups in total. The normalized spacial score (nSPS) is 15.4. The lowest BCUT2D eigenvalue weighted by molar-refractivity contribution is -0.134.